The van der Waals surface area contributed by atoms with Crippen LogP contribution in [-0.4, -0.2) is 48.5 Å². The van der Waals surface area contributed by atoms with E-state index in [0.717, 1.165) is 41.0 Å². The molecule has 3 aromatic carbocycles. The molecule has 0 aliphatic heterocycles. The lowest BCUT2D eigenvalue weighted by Gasteiger charge is -2.33. The van der Waals surface area contributed by atoms with Gasteiger partial charge in [-0.15, -0.1) is 0 Å². The van der Waals surface area contributed by atoms with Gasteiger partial charge >= 0.3 is 6.09 Å². The van der Waals surface area contributed by atoms with E-state index in [2.05, 4.69) is 43.3 Å². The number of amides is 1. The molecule has 0 fully saturated rings. The van der Waals surface area contributed by atoms with Crippen molar-refractivity contribution in [2.75, 3.05) is 26.9 Å². The molecular formula is C31H39NO5. The van der Waals surface area contributed by atoms with E-state index in [1.807, 2.05) is 51.1 Å². The first-order chi connectivity index (χ1) is 17.7. The van der Waals surface area contributed by atoms with Crippen molar-refractivity contribution in [2.24, 2.45) is 0 Å². The molecule has 0 atom stereocenters. The van der Waals surface area contributed by atoms with Gasteiger partial charge in [-0.2, -0.15) is 0 Å². The maximum absolute atomic E-state index is 11.7. The van der Waals surface area contributed by atoms with Gasteiger partial charge in [0.1, 0.15) is 23.9 Å². The summed E-state index contributed by atoms with van der Waals surface area (Å²) < 4.78 is 17.3. The number of methoxy groups -OCH3 is 1. The van der Waals surface area contributed by atoms with Gasteiger partial charge < -0.3 is 24.2 Å². The third kappa shape index (κ3) is 7.91. The number of hydrogen-bond donors (Lipinski definition) is 1. The molecule has 0 aliphatic rings. The van der Waals surface area contributed by atoms with Crippen LogP contribution in [0.1, 0.15) is 47.0 Å². The molecule has 0 unspecified atom stereocenters. The van der Waals surface area contributed by atoms with Crippen LogP contribution in [0.15, 0.2) is 66.7 Å². The number of benzene rings is 3. The fourth-order valence-corrected chi connectivity index (χ4v) is 4.08. The van der Waals surface area contributed by atoms with E-state index >= 15 is 0 Å². The van der Waals surface area contributed by atoms with E-state index in [9.17, 15) is 9.90 Å². The first kappa shape index (κ1) is 27.9. The Labute approximate surface area is 220 Å². The molecular weight excluding hydrogens is 466 g/mol. The summed E-state index contributed by atoms with van der Waals surface area (Å²) in [4.78, 5) is 13.0. The van der Waals surface area contributed by atoms with Gasteiger partial charge in [0.05, 0.1) is 20.3 Å². The molecule has 0 saturated carbocycles. The fourth-order valence-electron chi connectivity index (χ4n) is 4.08. The van der Waals surface area contributed by atoms with Gasteiger partial charge in [-0.1, -0.05) is 56.2 Å². The monoisotopic (exact) mass is 505 g/mol. The molecule has 0 aromatic heterocycles. The molecule has 3 aromatic rings. The molecule has 1 N–H and O–H groups in total. The van der Waals surface area contributed by atoms with E-state index < -0.39 is 11.6 Å². The van der Waals surface area contributed by atoms with Crippen molar-refractivity contribution in [1.82, 2.24) is 4.90 Å². The van der Waals surface area contributed by atoms with Crippen LogP contribution < -0.4 is 14.2 Å². The Morgan fingerprint density at radius 3 is 1.97 bits per heavy atom. The molecule has 0 spiro atoms. The number of hydrogen-bond acceptors (Lipinski definition) is 4. The average Bonchev–Trinajstić information content (AvgIpc) is 2.88. The molecule has 0 heterocycles. The van der Waals surface area contributed by atoms with Crippen molar-refractivity contribution in [3.8, 4) is 39.5 Å². The Morgan fingerprint density at radius 2 is 1.41 bits per heavy atom. The van der Waals surface area contributed by atoms with Crippen LogP contribution in [0.2, 0.25) is 0 Å². The lowest BCUT2D eigenvalue weighted by atomic mass is 9.99. The van der Waals surface area contributed by atoms with Crippen LogP contribution in [0, 0.1) is 0 Å². The van der Waals surface area contributed by atoms with Gasteiger partial charge in [-0.25, -0.2) is 4.79 Å². The second kappa shape index (κ2) is 13.0. The number of carbonyl (C=O) groups is 1. The summed E-state index contributed by atoms with van der Waals surface area (Å²) in [6, 6.07) is 22.2. The zero-order chi connectivity index (χ0) is 26.8. The number of nitrogens with zero attached hydrogens (tertiary/aromatic N) is 1. The molecule has 0 radical (unpaired) electrons. The van der Waals surface area contributed by atoms with Crippen LogP contribution in [0.4, 0.5) is 4.79 Å². The average molecular weight is 506 g/mol. The topological polar surface area (TPSA) is 68.2 Å². The van der Waals surface area contributed by atoms with Crippen molar-refractivity contribution >= 4 is 6.09 Å². The Morgan fingerprint density at radius 1 is 0.811 bits per heavy atom. The van der Waals surface area contributed by atoms with Crippen molar-refractivity contribution in [3.05, 3.63) is 66.7 Å². The quantitative estimate of drug-likeness (QED) is 0.255. The summed E-state index contributed by atoms with van der Waals surface area (Å²) >= 11 is 0. The first-order valence-electron chi connectivity index (χ1n) is 12.9. The minimum atomic E-state index is -0.964. The second-order valence-electron chi connectivity index (χ2n) is 9.97. The van der Waals surface area contributed by atoms with Crippen molar-refractivity contribution in [3.63, 3.8) is 0 Å². The summed E-state index contributed by atoms with van der Waals surface area (Å²) in [6.45, 7) is 9.03. The van der Waals surface area contributed by atoms with Gasteiger partial charge in [0.2, 0.25) is 0 Å². The second-order valence-corrected chi connectivity index (χ2v) is 9.97. The van der Waals surface area contributed by atoms with Gasteiger partial charge in [-0.3, -0.25) is 0 Å². The lowest BCUT2D eigenvalue weighted by molar-refractivity contribution is 0.0892. The molecule has 0 bridgehead atoms. The standard InChI is InChI=1S/C31H39NO5/c1-6-7-8-20-36-26-15-13-24(14-16-26)23-9-11-25(12-10-23)28-18-17-27(35-5)22-29(28)37-21-19-32(30(33)34)31(2,3)4/h9-18,22H,6-8,19-21H2,1-5H3,(H,33,34). The number of rotatable bonds is 12. The highest BCUT2D eigenvalue weighted by Gasteiger charge is 2.25. The molecule has 37 heavy (non-hydrogen) atoms. The number of carboxylic acid groups (broad SMARTS) is 1. The maximum atomic E-state index is 11.7. The van der Waals surface area contributed by atoms with Crippen LogP contribution in [0.5, 0.6) is 17.2 Å². The number of unbranched alkanes of at least 4 members (excludes halogenated alkanes) is 2. The highest BCUT2D eigenvalue weighted by Crippen LogP contribution is 2.35. The molecule has 198 valence electrons. The van der Waals surface area contributed by atoms with Crippen molar-refractivity contribution in [2.45, 2.75) is 52.5 Å². The minimum absolute atomic E-state index is 0.231. The molecule has 6 heteroatoms. The molecule has 0 aliphatic carbocycles. The zero-order valence-corrected chi connectivity index (χ0v) is 22.6. The van der Waals surface area contributed by atoms with Crippen LogP contribution in [0.3, 0.4) is 0 Å². The van der Waals surface area contributed by atoms with Gasteiger partial charge in [-0.05, 0) is 68.1 Å². The van der Waals surface area contributed by atoms with E-state index in [-0.39, 0.29) is 13.2 Å². The Hall–Kier alpha value is -3.67. The first-order valence-corrected chi connectivity index (χ1v) is 12.9. The van der Waals surface area contributed by atoms with Crippen molar-refractivity contribution < 1.29 is 24.1 Å². The molecule has 1 amide bonds. The van der Waals surface area contributed by atoms with Crippen molar-refractivity contribution in [1.29, 1.82) is 0 Å². The minimum Gasteiger partial charge on any atom is -0.497 e. The van der Waals surface area contributed by atoms with Crippen LogP contribution in [0.25, 0.3) is 22.3 Å². The van der Waals surface area contributed by atoms with Crippen LogP contribution >= 0.6 is 0 Å². The SMILES string of the molecule is CCCCCOc1ccc(-c2ccc(-c3ccc(OC)cc3OCCN(C(=O)O)C(C)(C)C)cc2)cc1. The third-order valence-electron chi connectivity index (χ3n) is 6.20. The lowest BCUT2D eigenvalue weighted by Crippen LogP contribution is -2.46. The third-order valence-corrected chi connectivity index (χ3v) is 6.20. The highest BCUT2D eigenvalue weighted by atomic mass is 16.5. The normalized spacial score (nSPS) is 11.2. The number of ether oxygens (including phenoxy) is 3. The van der Waals surface area contributed by atoms with E-state index in [0.29, 0.717) is 11.5 Å². The van der Waals surface area contributed by atoms with Gasteiger partial charge in [0.15, 0.2) is 0 Å². The van der Waals surface area contributed by atoms with E-state index in [1.165, 1.54) is 17.7 Å². The largest absolute Gasteiger partial charge is 0.497 e. The van der Waals surface area contributed by atoms with Gasteiger partial charge in [0, 0.05) is 17.2 Å². The van der Waals surface area contributed by atoms with E-state index in [1.54, 1.807) is 7.11 Å². The van der Waals surface area contributed by atoms with E-state index in [4.69, 9.17) is 14.2 Å². The molecule has 0 saturated heterocycles. The predicted molar refractivity (Wildman–Crippen MR) is 149 cm³/mol. The van der Waals surface area contributed by atoms with Gasteiger partial charge in [0.25, 0.3) is 0 Å². The maximum Gasteiger partial charge on any atom is 0.407 e. The predicted octanol–water partition coefficient (Wildman–Crippen LogP) is 7.76. The summed E-state index contributed by atoms with van der Waals surface area (Å²) in [5.41, 5.74) is 3.64. The highest BCUT2D eigenvalue weighted by molar-refractivity contribution is 5.75. The summed E-state index contributed by atoms with van der Waals surface area (Å²) in [5, 5.41) is 9.56. The Balaban J connectivity index is 1.73. The van der Waals surface area contributed by atoms with Crippen LogP contribution in [-0.2, 0) is 0 Å². The fraction of sp³-hybridized carbons (Fsp3) is 0.387. The molecule has 6 nitrogen and oxygen atoms in total. The Kier molecular flexibility index (Phi) is 9.84. The summed E-state index contributed by atoms with van der Waals surface area (Å²) in [6.07, 6.45) is 2.48. The zero-order valence-electron chi connectivity index (χ0n) is 22.6. The summed E-state index contributed by atoms with van der Waals surface area (Å²) in [7, 11) is 1.61. The Bertz CT molecular complexity index is 1130. The smallest absolute Gasteiger partial charge is 0.407 e. The molecule has 3 rings (SSSR count). The summed E-state index contributed by atoms with van der Waals surface area (Å²) in [5.74, 6) is 2.22.